The Morgan fingerprint density at radius 1 is 1.00 bits per heavy atom. The fourth-order valence-electron chi connectivity index (χ4n) is 5.46. The van der Waals surface area contributed by atoms with Gasteiger partial charge in [0.2, 0.25) is 5.95 Å². The lowest BCUT2D eigenvalue weighted by Crippen LogP contribution is -2.48. The minimum absolute atomic E-state index is 0.0983. The largest absolute Gasteiger partial charge is 0.486 e. The van der Waals surface area contributed by atoms with Gasteiger partial charge in [-0.05, 0) is 69.5 Å². The van der Waals surface area contributed by atoms with Gasteiger partial charge < -0.3 is 19.7 Å². The third-order valence-electron chi connectivity index (χ3n) is 7.53. The van der Waals surface area contributed by atoms with Crippen LogP contribution >= 0.6 is 0 Å². The number of fused-ring (bicyclic) bond motifs is 2. The quantitative estimate of drug-likeness (QED) is 0.376. The lowest BCUT2D eigenvalue weighted by atomic mass is 9.97. The Hall–Kier alpha value is -4.13. The van der Waals surface area contributed by atoms with Gasteiger partial charge in [-0.25, -0.2) is 9.97 Å². The molecule has 7 heteroatoms. The number of ether oxygens (including phenoxy) is 2. The van der Waals surface area contributed by atoms with Crippen molar-refractivity contribution in [3.8, 4) is 22.6 Å². The molecule has 0 unspecified atom stereocenters. The van der Waals surface area contributed by atoms with E-state index in [1.165, 1.54) is 0 Å². The average Bonchev–Trinajstić information content (AvgIpc) is 2.93. The van der Waals surface area contributed by atoms with Crippen LogP contribution in [-0.2, 0) is 0 Å². The Labute approximate surface area is 222 Å². The number of piperidine rings is 1. The zero-order valence-corrected chi connectivity index (χ0v) is 22.0. The molecule has 1 saturated heterocycles. The molecule has 194 valence electrons. The molecular weight excluding hydrogens is 476 g/mol. The van der Waals surface area contributed by atoms with Crippen molar-refractivity contribution in [2.24, 2.45) is 0 Å². The second-order valence-electron chi connectivity index (χ2n) is 10.3. The minimum Gasteiger partial charge on any atom is -0.486 e. The molecule has 7 nitrogen and oxygen atoms in total. The van der Waals surface area contributed by atoms with E-state index >= 15 is 0 Å². The Bertz CT molecular complexity index is 1500. The second kappa shape index (κ2) is 9.97. The molecular formula is C31H32N4O3. The number of anilines is 1. The van der Waals surface area contributed by atoms with Gasteiger partial charge in [0.25, 0.3) is 5.91 Å². The van der Waals surface area contributed by atoms with Crippen molar-refractivity contribution < 1.29 is 14.3 Å². The lowest BCUT2D eigenvalue weighted by Gasteiger charge is -2.38. The SMILES string of the molecule is Cc1ccc(C(=O)N2CC[C@@H](Nc3nc(C)c4cc(-c5cccc6c5OCCO6)ccc4n3)C[C@H]2C)cc1. The monoisotopic (exact) mass is 508 g/mol. The Balaban J connectivity index is 1.18. The number of carbonyl (C=O) groups is 1. The molecule has 2 aliphatic rings. The van der Waals surface area contributed by atoms with E-state index in [4.69, 9.17) is 19.4 Å². The van der Waals surface area contributed by atoms with Crippen molar-refractivity contribution in [1.29, 1.82) is 0 Å². The smallest absolute Gasteiger partial charge is 0.254 e. The second-order valence-corrected chi connectivity index (χ2v) is 10.3. The predicted molar refractivity (Wildman–Crippen MR) is 149 cm³/mol. The van der Waals surface area contributed by atoms with Gasteiger partial charge in [-0.2, -0.15) is 0 Å². The summed E-state index contributed by atoms with van der Waals surface area (Å²) in [6.45, 7) is 7.98. The van der Waals surface area contributed by atoms with E-state index < -0.39 is 0 Å². The van der Waals surface area contributed by atoms with E-state index in [9.17, 15) is 4.79 Å². The minimum atomic E-state index is 0.0983. The molecule has 4 aromatic rings. The summed E-state index contributed by atoms with van der Waals surface area (Å²) in [5, 5.41) is 4.55. The molecule has 6 rings (SSSR count). The summed E-state index contributed by atoms with van der Waals surface area (Å²) in [7, 11) is 0. The summed E-state index contributed by atoms with van der Waals surface area (Å²) in [6.07, 6.45) is 1.70. The summed E-state index contributed by atoms with van der Waals surface area (Å²) >= 11 is 0. The van der Waals surface area contributed by atoms with E-state index in [-0.39, 0.29) is 18.0 Å². The summed E-state index contributed by atoms with van der Waals surface area (Å²) in [6, 6.07) is 20.4. The number of aryl methyl sites for hydroxylation is 2. The molecule has 0 radical (unpaired) electrons. The van der Waals surface area contributed by atoms with Crippen LogP contribution in [0.2, 0.25) is 0 Å². The van der Waals surface area contributed by atoms with Crippen LogP contribution in [0.4, 0.5) is 5.95 Å². The van der Waals surface area contributed by atoms with Gasteiger partial charge in [-0.15, -0.1) is 0 Å². The number of hydrogen-bond donors (Lipinski definition) is 1. The number of hydrogen-bond acceptors (Lipinski definition) is 6. The van der Waals surface area contributed by atoms with Crippen molar-refractivity contribution in [3.05, 3.63) is 77.5 Å². The maximum Gasteiger partial charge on any atom is 0.254 e. The van der Waals surface area contributed by atoms with Crippen LogP contribution in [0.5, 0.6) is 11.5 Å². The third kappa shape index (κ3) is 4.64. The van der Waals surface area contributed by atoms with Gasteiger partial charge in [0.15, 0.2) is 11.5 Å². The predicted octanol–water partition coefficient (Wildman–Crippen LogP) is 5.79. The van der Waals surface area contributed by atoms with E-state index in [0.717, 1.165) is 63.2 Å². The van der Waals surface area contributed by atoms with Crippen LogP contribution < -0.4 is 14.8 Å². The van der Waals surface area contributed by atoms with Gasteiger partial charge in [0, 0.05) is 35.1 Å². The molecule has 2 atom stereocenters. The molecule has 1 N–H and O–H groups in total. The molecule has 1 aromatic heterocycles. The van der Waals surface area contributed by atoms with Gasteiger partial charge >= 0.3 is 0 Å². The molecule has 38 heavy (non-hydrogen) atoms. The van der Waals surface area contributed by atoms with Crippen LogP contribution in [0, 0.1) is 13.8 Å². The number of likely N-dealkylation sites (tertiary alicyclic amines) is 1. The van der Waals surface area contributed by atoms with Crippen molar-refractivity contribution >= 4 is 22.8 Å². The number of benzene rings is 3. The molecule has 1 fully saturated rings. The molecule has 3 aromatic carbocycles. The summed E-state index contributed by atoms with van der Waals surface area (Å²) < 4.78 is 11.7. The topological polar surface area (TPSA) is 76.6 Å². The lowest BCUT2D eigenvalue weighted by molar-refractivity contribution is 0.0625. The van der Waals surface area contributed by atoms with Gasteiger partial charge in [-0.3, -0.25) is 4.79 Å². The Morgan fingerprint density at radius 2 is 1.82 bits per heavy atom. The number of amides is 1. The first-order chi connectivity index (χ1) is 18.5. The van der Waals surface area contributed by atoms with Gasteiger partial charge in [0.1, 0.15) is 13.2 Å². The first-order valence-corrected chi connectivity index (χ1v) is 13.3. The number of rotatable bonds is 4. The van der Waals surface area contributed by atoms with E-state index in [1.807, 2.05) is 61.2 Å². The first-order valence-electron chi connectivity index (χ1n) is 13.3. The van der Waals surface area contributed by atoms with E-state index in [0.29, 0.717) is 25.7 Å². The number of para-hydroxylation sites is 1. The van der Waals surface area contributed by atoms with Crippen LogP contribution in [0.15, 0.2) is 60.7 Å². The fourth-order valence-corrected chi connectivity index (χ4v) is 5.46. The van der Waals surface area contributed by atoms with Crippen LogP contribution in [0.3, 0.4) is 0 Å². The zero-order chi connectivity index (χ0) is 26.2. The maximum atomic E-state index is 13.1. The van der Waals surface area contributed by atoms with Crippen LogP contribution in [0.25, 0.3) is 22.0 Å². The Kier molecular flexibility index (Phi) is 6.35. The molecule has 0 aliphatic carbocycles. The van der Waals surface area contributed by atoms with Crippen LogP contribution in [-0.4, -0.2) is 52.6 Å². The fraction of sp³-hybridized carbons (Fsp3) is 0.323. The molecule has 0 spiro atoms. The molecule has 3 heterocycles. The maximum absolute atomic E-state index is 13.1. The number of nitrogens with one attached hydrogen (secondary N) is 1. The Morgan fingerprint density at radius 3 is 2.63 bits per heavy atom. The van der Waals surface area contributed by atoms with Crippen LogP contribution in [0.1, 0.15) is 41.4 Å². The number of nitrogens with zero attached hydrogens (tertiary/aromatic N) is 3. The van der Waals surface area contributed by atoms with Crippen molar-refractivity contribution in [3.63, 3.8) is 0 Å². The highest BCUT2D eigenvalue weighted by molar-refractivity contribution is 5.94. The molecule has 2 aliphatic heterocycles. The highest BCUT2D eigenvalue weighted by Crippen LogP contribution is 2.40. The summed E-state index contributed by atoms with van der Waals surface area (Å²) in [5.74, 6) is 2.30. The molecule has 0 saturated carbocycles. The molecule has 1 amide bonds. The number of carbonyl (C=O) groups excluding carboxylic acids is 1. The van der Waals surface area contributed by atoms with Gasteiger partial charge in [0.05, 0.1) is 11.2 Å². The standard InChI is InChI=1S/C31H32N4O3/c1-19-7-9-22(10-8-19)30(36)35-14-13-24(17-20(35)2)33-31-32-21(3)26-18-23(11-12-27(26)34-31)25-5-4-6-28-29(25)38-16-15-37-28/h4-12,18,20,24H,13-17H2,1-3H3,(H,32,33,34)/t20-,24-/m1/s1. The summed E-state index contributed by atoms with van der Waals surface area (Å²) in [5.41, 5.74) is 5.77. The zero-order valence-electron chi connectivity index (χ0n) is 22.0. The normalized spacial score (nSPS) is 18.9. The highest BCUT2D eigenvalue weighted by atomic mass is 16.6. The number of aromatic nitrogens is 2. The van der Waals surface area contributed by atoms with Crippen molar-refractivity contribution in [2.75, 3.05) is 25.1 Å². The van der Waals surface area contributed by atoms with Gasteiger partial charge in [-0.1, -0.05) is 35.9 Å². The van der Waals surface area contributed by atoms with E-state index in [1.54, 1.807) is 0 Å². The van der Waals surface area contributed by atoms with Crippen molar-refractivity contribution in [2.45, 2.75) is 45.7 Å². The highest BCUT2D eigenvalue weighted by Gasteiger charge is 2.30. The van der Waals surface area contributed by atoms with Crippen molar-refractivity contribution in [1.82, 2.24) is 14.9 Å². The summed E-state index contributed by atoms with van der Waals surface area (Å²) in [4.78, 5) is 24.7. The first kappa shape index (κ1) is 24.2. The third-order valence-corrected chi connectivity index (χ3v) is 7.53. The average molecular weight is 509 g/mol. The molecule has 0 bridgehead atoms. The van der Waals surface area contributed by atoms with E-state index in [2.05, 4.69) is 30.4 Å².